The zero-order valence-corrected chi connectivity index (χ0v) is 13.2. The average molecular weight is 319 g/mol. The van der Waals surface area contributed by atoms with Crippen molar-refractivity contribution in [1.82, 2.24) is 0 Å². The van der Waals surface area contributed by atoms with E-state index in [1.54, 1.807) is 35.3 Å². The second kappa shape index (κ2) is 13.7. The van der Waals surface area contributed by atoms with Gasteiger partial charge in [-0.05, 0) is 5.75 Å². The fourth-order valence-electron chi connectivity index (χ4n) is 1.05. The van der Waals surface area contributed by atoms with E-state index in [4.69, 9.17) is 10.2 Å². The van der Waals surface area contributed by atoms with Crippen LogP contribution in [0.2, 0.25) is 0 Å². The van der Waals surface area contributed by atoms with Gasteiger partial charge in [0.2, 0.25) is 0 Å². The van der Waals surface area contributed by atoms with Crippen LogP contribution in [-0.4, -0.2) is 74.4 Å². The highest BCUT2D eigenvalue weighted by Gasteiger charge is 2.13. The highest BCUT2D eigenvalue weighted by Crippen LogP contribution is 2.22. The second-order valence-electron chi connectivity index (χ2n) is 3.34. The molecule has 0 aliphatic carbocycles. The molecule has 0 saturated carbocycles. The lowest BCUT2D eigenvalue weighted by Crippen LogP contribution is -2.19. The first-order valence-corrected chi connectivity index (χ1v) is 9.41. The molecule has 104 valence electrons. The molecule has 3 N–H and O–H groups in total. The lowest BCUT2D eigenvalue weighted by Gasteiger charge is -2.17. The highest BCUT2D eigenvalue weighted by molar-refractivity contribution is 8.05. The predicted octanol–water partition coefficient (Wildman–Crippen LogP) is 0.830. The Kier molecular flexibility index (Phi) is 14.7. The summed E-state index contributed by atoms with van der Waals surface area (Å²) < 4.78 is 0. The molecule has 0 fully saturated rings. The van der Waals surface area contributed by atoms with Crippen molar-refractivity contribution in [3.63, 3.8) is 0 Å². The van der Waals surface area contributed by atoms with E-state index >= 15 is 0 Å². The van der Waals surface area contributed by atoms with Gasteiger partial charge in [-0.15, -0.1) is 0 Å². The number of hydrogen-bond acceptors (Lipinski definition) is 7. The molecule has 0 spiro atoms. The van der Waals surface area contributed by atoms with Crippen LogP contribution in [0.1, 0.15) is 0 Å². The molecule has 0 heterocycles. The molecule has 0 aromatic rings. The fraction of sp³-hybridized carbons (Fsp3) is 1.00. The summed E-state index contributed by atoms with van der Waals surface area (Å²) in [6.07, 6.45) is 0. The van der Waals surface area contributed by atoms with E-state index < -0.39 is 0 Å². The summed E-state index contributed by atoms with van der Waals surface area (Å²) in [5.41, 5.74) is 0. The quantitative estimate of drug-likeness (QED) is 0.316. The molecular weight excluding hydrogens is 296 g/mol. The summed E-state index contributed by atoms with van der Waals surface area (Å²) in [5.74, 6) is 4.25. The summed E-state index contributed by atoms with van der Waals surface area (Å²) in [6.45, 7) is 0.444. The number of thiol groups is 1. The Morgan fingerprint density at radius 3 is 2.06 bits per heavy atom. The Morgan fingerprint density at radius 2 is 1.53 bits per heavy atom. The van der Waals surface area contributed by atoms with E-state index in [0.29, 0.717) is 5.75 Å². The lowest BCUT2D eigenvalue weighted by molar-refractivity contribution is 0.296. The van der Waals surface area contributed by atoms with Crippen LogP contribution in [0.15, 0.2) is 0 Å². The van der Waals surface area contributed by atoms with Gasteiger partial charge in [-0.25, -0.2) is 0 Å². The van der Waals surface area contributed by atoms with E-state index in [9.17, 15) is 5.11 Å². The molecular formula is C10H22O3S4. The van der Waals surface area contributed by atoms with Crippen molar-refractivity contribution in [1.29, 1.82) is 0 Å². The van der Waals surface area contributed by atoms with E-state index in [-0.39, 0.29) is 30.3 Å². The third-order valence-corrected chi connectivity index (χ3v) is 6.58. The van der Waals surface area contributed by atoms with Crippen LogP contribution in [0.5, 0.6) is 0 Å². The molecule has 3 nitrogen and oxygen atoms in total. The number of aliphatic hydroxyl groups excluding tert-OH is 3. The van der Waals surface area contributed by atoms with Gasteiger partial charge < -0.3 is 15.3 Å². The van der Waals surface area contributed by atoms with Gasteiger partial charge in [-0.3, -0.25) is 0 Å². The maximum atomic E-state index is 9.22. The highest BCUT2D eigenvalue weighted by atomic mass is 32.2. The first-order chi connectivity index (χ1) is 8.28. The van der Waals surface area contributed by atoms with Crippen molar-refractivity contribution in [3.8, 4) is 0 Å². The van der Waals surface area contributed by atoms with Crippen molar-refractivity contribution < 1.29 is 15.3 Å². The van der Waals surface area contributed by atoms with Crippen molar-refractivity contribution in [2.24, 2.45) is 0 Å². The van der Waals surface area contributed by atoms with Gasteiger partial charge in [0.05, 0.1) is 19.8 Å². The maximum absolute atomic E-state index is 9.22. The van der Waals surface area contributed by atoms with Crippen LogP contribution in [-0.2, 0) is 0 Å². The van der Waals surface area contributed by atoms with Gasteiger partial charge >= 0.3 is 0 Å². The normalized spacial score (nSPS) is 14.8. The standard InChI is InChI=1S/C10H22O3S4/c11-1-3-16-10(6-13)8-17-9(5-12)7-15-4-2-14/h9-14H,1-8H2. The second-order valence-corrected chi connectivity index (χ2v) is 7.67. The minimum Gasteiger partial charge on any atom is -0.396 e. The molecule has 0 rings (SSSR count). The van der Waals surface area contributed by atoms with Crippen LogP contribution in [0.3, 0.4) is 0 Å². The Bertz CT molecular complexity index is 162. The Balaban J connectivity index is 3.69. The number of hydrogen-bond donors (Lipinski definition) is 4. The predicted molar refractivity (Wildman–Crippen MR) is 84.9 cm³/mol. The molecule has 0 bridgehead atoms. The maximum Gasteiger partial charge on any atom is 0.0558 e. The molecule has 2 atom stereocenters. The van der Waals surface area contributed by atoms with Crippen molar-refractivity contribution in [2.45, 2.75) is 10.5 Å². The van der Waals surface area contributed by atoms with Gasteiger partial charge in [0.25, 0.3) is 0 Å². The van der Waals surface area contributed by atoms with Gasteiger partial charge in [-0.1, -0.05) is 0 Å². The van der Waals surface area contributed by atoms with Gasteiger partial charge in [-0.2, -0.15) is 47.9 Å². The number of aliphatic hydroxyl groups is 3. The Morgan fingerprint density at radius 1 is 0.882 bits per heavy atom. The van der Waals surface area contributed by atoms with Crippen molar-refractivity contribution in [3.05, 3.63) is 0 Å². The Labute approximate surface area is 122 Å². The Hall–Kier alpha value is 1.28. The van der Waals surface area contributed by atoms with Crippen molar-refractivity contribution >= 4 is 47.9 Å². The summed E-state index contributed by atoms with van der Waals surface area (Å²) in [4.78, 5) is 0. The van der Waals surface area contributed by atoms with Crippen molar-refractivity contribution in [2.75, 3.05) is 48.6 Å². The molecule has 0 aliphatic heterocycles. The molecule has 0 radical (unpaired) electrons. The fourth-order valence-corrected chi connectivity index (χ4v) is 4.64. The molecule has 0 amide bonds. The van der Waals surface area contributed by atoms with Crippen LogP contribution in [0, 0.1) is 0 Å². The zero-order chi connectivity index (χ0) is 12.9. The minimum atomic E-state index is 0.125. The molecule has 0 aliphatic rings. The topological polar surface area (TPSA) is 60.7 Å². The minimum absolute atomic E-state index is 0.125. The van der Waals surface area contributed by atoms with E-state index in [2.05, 4.69) is 12.6 Å². The van der Waals surface area contributed by atoms with Crippen LogP contribution < -0.4 is 0 Å². The van der Waals surface area contributed by atoms with Crippen LogP contribution in [0.25, 0.3) is 0 Å². The first-order valence-electron chi connectivity index (χ1n) is 5.52. The largest absolute Gasteiger partial charge is 0.396 e. The first kappa shape index (κ1) is 18.3. The molecule has 7 heteroatoms. The smallest absolute Gasteiger partial charge is 0.0558 e. The lowest BCUT2D eigenvalue weighted by atomic mass is 10.5. The SMILES string of the molecule is OCCSC(CO)CSC(CO)CSCCS. The van der Waals surface area contributed by atoms with Gasteiger partial charge in [0, 0.05) is 33.5 Å². The summed E-state index contributed by atoms with van der Waals surface area (Å²) in [5, 5.41) is 27.5. The van der Waals surface area contributed by atoms with Gasteiger partial charge in [0.1, 0.15) is 0 Å². The molecule has 0 aromatic carbocycles. The van der Waals surface area contributed by atoms with Crippen LogP contribution in [0.4, 0.5) is 0 Å². The van der Waals surface area contributed by atoms with Crippen LogP contribution >= 0.6 is 47.9 Å². The number of rotatable bonds is 12. The molecule has 17 heavy (non-hydrogen) atoms. The summed E-state index contributed by atoms with van der Waals surface area (Å²) in [6, 6.07) is 0. The molecule has 2 unspecified atom stereocenters. The van der Waals surface area contributed by atoms with Gasteiger partial charge in [0.15, 0.2) is 0 Å². The third-order valence-electron chi connectivity index (χ3n) is 1.91. The summed E-state index contributed by atoms with van der Waals surface area (Å²) >= 11 is 9.21. The summed E-state index contributed by atoms with van der Waals surface area (Å²) in [7, 11) is 0. The number of thioether (sulfide) groups is 3. The molecule has 0 saturated heterocycles. The third kappa shape index (κ3) is 10.9. The zero-order valence-electron chi connectivity index (χ0n) is 9.83. The van der Waals surface area contributed by atoms with E-state index in [1.807, 2.05) is 0 Å². The average Bonchev–Trinajstić information content (AvgIpc) is 2.36. The van der Waals surface area contributed by atoms with E-state index in [1.165, 1.54) is 0 Å². The molecule has 0 aromatic heterocycles. The monoisotopic (exact) mass is 318 g/mol. The van der Waals surface area contributed by atoms with E-state index in [0.717, 1.165) is 23.0 Å².